The molecule has 5 aromatic carbocycles. The van der Waals surface area contributed by atoms with Crippen LogP contribution in [0.1, 0.15) is 94.2 Å². The molecule has 4 aliphatic carbocycles. The SMILES string of the molecule is CC(=O)c1ccc(-c2c3nc(c(-c4ccc(C)cc4)c4ccc([nH]4)c(-c4ccc(C(=O)NCc5ccc6c(c5)C(=O)C5=C(C6=O)C6CC5C5=C6C(=O)C=CC5=O)cc4)c4nc(c(-c5ccc(C)cc5)c5ccc2[nH]5)C=C4)C=C3)cc1. The molecule has 0 saturated heterocycles. The summed E-state index contributed by atoms with van der Waals surface area (Å²) in [6.07, 6.45) is 11.0. The van der Waals surface area contributed by atoms with Crippen molar-refractivity contribution in [3.63, 3.8) is 0 Å². The number of Topliss-reactive ketones (excluding diaryl/α,β-unsaturated/α-hetero) is 3. The number of hydrogen-bond donors (Lipinski definition) is 3. The van der Waals surface area contributed by atoms with Gasteiger partial charge in [0.2, 0.25) is 0 Å². The Morgan fingerprint density at radius 3 is 1.26 bits per heavy atom. The van der Waals surface area contributed by atoms with Crippen LogP contribution < -0.4 is 5.32 Å². The molecule has 10 bridgehead atoms. The van der Waals surface area contributed by atoms with E-state index in [-0.39, 0.29) is 52.5 Å². The number of carbonyl (C=O) groups is 6. The molecule has 2 aliphatic heterocycles. The van der Waals surface area contributed by atoms with E-state index in [1.807, 2.05) is 60.7 Å². The number of aromatic nitrogens is 4. The maximum atomic E-state index is 14.2. The molecule has 14 rings (SSSR count). The Balaban J connectivity index is 0.857. The molecule has 11 nitrogen and oxygen atoms in total. The summed E-state index contributed by atoms with van der Waals surface area (Å²) >= 11 is 0. The average Bonchev–Trinajstić information content (AvgIpc) is 4.43. The van der Waals surface area contributed by atoms with E-state index >= 15 is 0 Å². The standard InChI is InChI=1S/C69H47N5O6/c1-35-4-9-40(10-5-35)59-49-22-26-53(71-49)61(42-15-13-39(14-16-42)37(3)75)54-27-23-50(72-54)60(41-11-6-36(2)7-12-41)52-25-29-56(74-52)62(55-28-24-51(59)73-55)43-17-19-44(20-18-43)69(80)70-34-38-8-21-45-46(32-38)68(79)66-48-33-47(65(66)67(45)78)63-57(76)30-31-58(77)64(48)63/h4-32,47-48,71,74H,33-34H2,1-3H3,(H,70,80). The highest BCUT2D eigenvalue weighted by Gasteiger charge is 2.55. The van der Waals surface area contributed by atoms with E-state index in [0.717, 1.165) is 94.8 Å². The highest BCUT2D eigenvalue weighted by Crippen LogP contribution is 2.56. The molecule has 0 spiro atoms. The van der Waals surface area contributed by atoms with Crippen LogP contribution in [0.25, 0.3) is 90.9 Å². The number of aryl methyl sites for hydroxylation is 2. The van der Waals surface area contributed by atoms with E-state index in [2.05, 4.69) is 102 Å². The van der Waals surface area contributed by atoms with E-state index in [1.54, 1.807) is 37.3 Å². The molecule has 0 fully saturated rings. The summed E-state index contributed by atoms with van der Waals surface area (Å²) in [5, 5.41) is 3.01. The van der Waals surface area contributed by atoms with E-state index < -0.39 is 11.8 Å². The van der Waals surface area contributed by atoms with Crippen molar-refractivity contribution in [1.29, 1.82) is 0 Å². The summed E-state index contributed by atoms with van der Waals surface area (Å²) in [7, 11) is 0. The van der Waals surface area contributed by atoms with Crippen LogP contribution in [0.5, 0.6) is 0 Å². The van der Waals surface area contributed by atoms with Crippen LogP contribution in [-0.4, -0.2) is 54.8 Å². The minimum Gasteiger partial charge on any atom is -0.354 e. The molecule has 1 amide bonds. The van der Waals surface area contributed by atoms with Crippen molar-refractivity contribution in [2.75, 3.05) is 0 Å². The number of rotatable bonds is 8. The smallest absolute Gasteiger partial charge is 0.251 e. The normalized spacial score (nSPS) is 16.6. The number of fused-ring (bicyclic) bond motifs is 15. The van der Waals surface area contributed by atoms with Crippen LogP contribution in [0.15, 0.2) is 174 Å². The molecule has 80 heavy (non-hydrogen) atoms. The first kappa shape index (κ1) is 48.1. The van der Waals surface area contributed by atoms with Crippen molar-refractivity contribution in [3.05, 3.63) is 236 Å². The summed E-state index contributed by atoms with van der Waals surface area (Å²) in [6.45, 7) is 5.78. The van der Waals surface area contributed by atoms with Crippen molar-refractivity contribution in [1.82, 2.24) is 25.3 Å². The van der Waals surface area contributed by atoms with Gasteiger partial charge < -0.3 is 15.3 Å². The number of allylic oxidation sites excluding steroid dienone is 6. The topological polar surface area (TPSA) is 172 Å². The highest BCUT2D eigenvalue weighted by atomic mass is 16.2. The first-order valence-electron chi connectivity index (χ1n) is 26.6. The monoisotopic (exact) mass is 1040 g/mol. The largest absolute Gasteiger partial charge is 0.354 e. The van der Waals surface area contributed by atoms with E-state index in [1.165, 1.54) is 12.2 Å². The van der Waals surface area contributed by atoms with Gasteiger partial charge in [0, 0.05) is 107 Å². The summed E-state index contributed by atoms with van der Waals surface area (Å²) in [6, 6.07) is 45.1. The van der Waals surface area contributed by atoms with Crippen molar-refractivity contribution in [3.8, 4) is 44.5 Å². The van der Waals surface area contributed by atoms with Crippen LogP contribution in [0, 0.1) is 25.7 Å². The van der Waals surface area contributed by atoms with Gasteiger partial charge in [-0.1, -0.05) is 102 Å². The zero-order valence-electron chi connectivity index (χ0n) is 43.7. The molecule has 3 aromatic heterocycles. The first-order valence-corrected chi connectivity index (χ1v) is 26.6. The lowest BCUT2D eigenvalue weighted by Crippen LogP contribution is -2.31. The number of hydrogen-bond acceptors (Lipinski definition) is 8. The molecule has 2 atom stereocenters. The minimum absolute atomic E-state index is 0.0101. The van der Waals surface area contributed by atoms with E-state index in [9.17, 15) is 28.8 Å². The van der Waals surface area contributed by atoms with Crippen LogP contribution in [0.3, 0.4) is 0 Å². The number of nitrogens with zero attached hydrogens (tertiary/aromatic N) is 2. The number of carbonyl (C=O) groups excluding carboxylic acids is 6. The van der Waals surface area contributed by atoms with Gasteiger partial charge in [0.15, 0.2) is 28.9 Å². The van der Waals surface area contributed by atoms with Gasteiger partial charge in [-0.2, -0.15) is 0 Å². The molecule has 3 N–H and O–H groups in total. The molecule has 8 aromatic rings. The Morgan fingerprint density at radius 2 is 0.850 bits per heavy atom. The molecule has 0 radical (unpaired) electrons. The van der Waals surface area contributed by atoms with Gasteiger partial charge in [-0.05, 0) is 140 Å². The van der Waals surface area contributed by atoms with E-state index in [0.29, 0.717) is 51.1 Å². The van der Waals surface area contributed by atoms with E-state index in [4.69, 9.17) is 9.97 Å². The second kappa shape index (κ2) is 18.5. The van der Waals surface area contributed by atoms with Crippen LogP contribution in [0.2, 0.25) is 0 Å². The maximum absolute atomic E-state index is 14.2. The molecule has 2 unspecified atom stereocenters. The first-order chi connectivity index (χ1) is 38.8. The fourth-order valence-corrected chi connectivity index (χ4v) is 12.4. The van der Waals surface area contributed by atoms with Crippen LogP contribution in [0.4, 0.5) is 0 Å². The van der Waals surface area contributed by atoms with Gasteiger partial charge in [-0.3, -0.25) is 28.8 Å². The third-order valence-electron chi connectivity index (χ3n) is 16.3. The number of amides is 1. The molecule has 5 heterocycles. The number of nitrogens with one attached hydrogen (secondary N) is 3. The molecule has 0 saturated carbocycles. The predicted octanol–water partition coefficient (Wildman–Crippen LogP) is 13.4. The Hall–Kier alpha value is -10.3. The van der Waals surface area contributed by atoms with Crippen molar-refractivity contribution >= 4 is 81.2 Å². The highest BCUT2D eigenvalue weighted by molar-refractivity contribution is 6.32. The molecular weight excluding hydrogens is 995 g/mol. The molecular formula is C69H47N5O6. The number of benzene rings is 5. The quantitative estimate of drug-likeness (QED) is 0.0997. The fraction of sp³-hybridized carbons (Fsp3) is 0.101. The van der Waals surface area contributed by atoms with Gasteiger partial charge in [0.05, 0.1) is 22.8 Å². The summed E-state index contributed by atoms with van der Waals surface area (Å²) in [5.74, 6) is -2.68. The summed E-state index contributed by atoms with van der Waals surface area (Å²) < 4.78 is 0. The van der Waals surface area contributed by atoms with Crippen molar-refractivity contribution < 1.29 is 28.8 Å². The van der Waals surface area contributed by atoms with Crippen LogP contribution in [-0.2, 0) is 16.1 Å². The second-order valence-electron chi connectivity index (χ2n) is 21.2. The molecule has 11 heteroatoms. The van der Waals surface area contributed by atoms with Gasteiger partial charge in [0.1, 0.15) is 0 Å². The minimum atomic E-state index is -0.585. The second-order valence-corrected chi connectivity index (χ2v) is 21.2. The third-order valence-corrected chi connectivity index (χ3v) is 16.3. The van der Waals surface area contributed by atoms with Gasteiger partial charge in [-0.15, -0.1) is 0 Å². The number of ketones is 5. The lowest BCUT2D eigenvalue weighted by Gasteiger charge is -2.28. The maximum Gasteiger partial charge on any atom is 0.251 e. The van der Waals surface area contributed by atoms with Crippen LogP contribution >= 0.6 is 0 Å². The Bertz CT molecular complexity index is 4460. The van der Waals surface area contributed by atoms with Crippen molar-refractivity contribution in [2.45, 2.75) is 33.7 Å². The fourth-order valence-electron chi connectivity index (χ4n) is 12.4. The molecule has 6 aliphatic rings. The average molecular weight is 1040 g/mol. The van der Waals surface area contributed by atoms with Gasteiger partial charge >= 0.3 is 0 Å². The van der Waals surface area contributed by atoms with Crippen molar-refractivity contribution in [2.24, 2.45) is 11.8 Å². The Morgan fingerprint density at radius 1 is 0.463 bits per heavy atom. The zero-order chi connectivity index (χ0) is 54.7. The number of H-pyrrole nitrogens is 2. The summed E-state index contributed by atoms with van der Waals surface area (Å²) in [5.41, 5.74) is 19.2. The molecule has 384 valence electrons. The summed E-state index contributed by atoms with van der Waals surface area (Å²) in [4.78, 5) is 98.7. The van der Waals surface area contributed by atoms with Gasteiger partial charge in [0.25, 0.3) is 5.91 Å². The Kier molecular flexibility index (Phi) is 11.1. The third kappa shape index (κ3) is 7.80. The van der Waals surface area contributed by atoms with Gasteiger partial charge in [-0.25, -0.2) is 9.97 Å². The lowest BCUT2D eigenvalue weighted by molar-refractivity contribution is -0.115. The predicted molar refractivity (Wildman–Crippen MR) is 311 cm³/mol. The zero-order valence-corrected chi connectivity index (χ0v) is 43.7. The number of aromatic amines is 2. The lowest BCUT2D eigenvalue weighted by atomic mass is 9.72. The Labute approximate surface area is 458 Å².